The first-order valence-corrected chi connectivity index (χ1v) is 4.81. The molecule has 0 aliphatic carbocycles. The molecule has 0 bridgehead atoms. The van der Waals surface area contributed by atoms with E-state index in [0.29, 0.717) is 11.4 Å². The first-order valence-electron chi connectivity index (χ1n) is 4.81. The quantitative estimate of drug-likeness (QED) is 0.774. The molecule has 1 N–H and O–H groups in total. The summed E-state index contributed by atoms with van der Waals surface area (Å²) in [6.45, 7) is 1.59. The van der Waals surface area contributed by atoms with Crippen LogP contribution in [0.1, 0.15) is 18.4 Å². The van der Waals surface area contributed by atoms with Crippen molar-refractivity contribution in [3.05, 3.63) is 23.6 Å². The highest BCUT2D eigenvalue weighted by Crippen LogP contribution is 2.21. The molecule has 0 unspecified atom stereocenters. The van der Waals surface area contributed by atoms with Crippen molar-refractivity contribution in [2.45, 2.75) is 19.4 Å². The molecule has 0 amide bonds. The number of nitrogens with zero attached hydrogens (tertiary/aromatic N) is 2. The smallest absolute Gasteiger partial charge is 0.166 e. The van der Waals surface area contributed by atoms with Gasteiger partial charge in [0.05, 0.1) is 6.61 Å². The molecule has 1 aromatic heterocycles. The number of aliphatic hydroxyl groups excluding tert-OH is 1. The summed E-state index contributed by atoms with van der Waals surface area (Å²) in [5, 5.41) is 8.80. The van der Waals surface area contributed by atoms with Gasteiger partial charge in [0.25, 0.3) is 0 Å². The Labute approximate surface area is 82.2 Å². The van der Waals surface area contributed by atoms with Crippen molar-refractivity contribution in [1.82, 2.24) is 4.98 Å². The van der Waals surface area contributed by atoms with Gasteiger partial charge >= 0.3 is 0 Å². The topological polar surface area (TPSA) is 36.4 Å². The van der Waals surface area contributed by atoms with Gasteiger partial charge in [-0.25, -0.2) is 9.37 Å². The van der Waals surface area contributed by atoms with Crippen molar-refractivity contribution in [1.29, 1.82) is 0 Å². The molecule has 14 heavy (non-hydrogen) atoms. The van der Waals surface area contributed by atoms with Crippen LogP contribution in [0.15, 0.2) is 12.3 Å². The zero-order valence-electron chi connectivity index (χ0n) is 7.91. The first-order chi connectivity index (χ1) is 6.81. The molecule has 1 aliphatic heterocycles. The van der Waals surface area contributed by atoms with Crippen LogP contribution in [-0.4, -0.2) is 23.2 Å². The van der Waals surface area contributed by atoms with E-state index in [2.05, 4.69) is 4.98 Å². The van der Waals surface area contributed by atoms with E-state index in [1.807, 2.05) is 4.90 Å². The van der Waals surface area contributed by atoms with Gasteiger partial charge in [-0.2, -0.15) is 0 Å². The minimum absolute atomic E-state index is 0.163. The molecule has 1 aromatic rings. The Kier molecular flexibility index (Phi) is 2.63. The average molecular weight is 196 g/mol. The van der Waals surface area contributed by atoms with Crippen LogP contribution in [0.5, 0.6) is 0 Å². The van der Waals surface area contributed by atoms with Gasteiger partial charge in [0.1, 0.15) is 0 Å². The Morgan fingerprint density at radius 3 is 2.71 bits per heavy atom. The number of aliphatic hydroxyl groups is 1. The molecule has 0 atom stereocenters. The van der Waals surface area contributed by atoms with Crippen molar-refractivity contribution >= 4 is 5.82 Å². The number of pyridine rings is 1. The number of halogens is 1. The number of anilines is 1. The molecule has 2 rings (SSSR count). The molecule has 4 heteroatoms. The Hall–Kier alpha value is -1.16. The van der Waals surface area contributed by atoms with Crippen molar-refractivity contribution in [3.8, 4) is 0 Å². The normalized spacial score (nSPS) is 16.3. The lowest BCUT2D eigenvalue weighted by Gasteiger charge is -2.16. The third-order valence-electron chi connectivity index (χ3n) is 2.47. The summed E-state index contributed by atoms with van der Waals surface area (Å²) in [5.41, 5.74) is 0.519. The minimum atomic E-state index is -0.335. The predicted molar refractivity (Wildman–Crippen MR) is 51.6 cm³/mol. The molecule has 1 aliphatic rings. The molecule has 76 valence electrons. The van der Waals surface area contributed by atoms with Crippen LogP contribution in [0.2, 0.25) is 0 Å². The van der Waals surface area contributed by atoms with E-state index in [1.165, 1.54) is 12.3 Å². The van der Waals surface area contributed by atoms with Gasteiger partial charge in [0.15, 0.2) is 11.6 Å². The maximum atomic E-state index is 13.5. The SMILES string of the molecule is OCc1cnc(N2CCCC2)c(F)c1. The van der Waals surface area contributed by atoms with Gasteiger partial charge in [-0.05, 0) is 24.5 Å². The number of hydrogen-bond acceptors (Lipinski definition) is 3. The van der Waals surface area contributed by atoms with Crippen LogP contribution in [0.3, 0.4) is 0 Å². The molecular formula is C10H13FN2O. The van der Waals surface area contributed by atoms with E-state index in [-0.39, 0.29) is 12.4 Å². The monoisotopic (exact) mass is 196 g/mol. The third-order valence-corrected chi connectivity index (χ3v) is 2.47. The van der Waals surface area contributed by atoms with Crippen molar-refractivity contribution in [3.63, 3.8) is 0 Å². The van der Waals surface area contributed by atoms with E-state index < -0.39 is 0 Å². The average Bonchev–Trinajstić information content (AvgIpc) is 2.70. The summed E-state index contributed by atoms with van der Waals surface area (Å²) in [6.07, 6.45) is 3.72. The van der Waals surface area contributed by atoms with Crippen molar-refractivity contribution in [2.24, 2.45) is 0 Å². The lowest BCUT2D eigenvalue weighted by Crippen LogP contribution is -2.20. The highest BCUT2D eigenvalue weighted by atomic mass is 19.1. The van der Waals surface area contributed by atoms with E-state index in [9.17, 15) is 4.39 Å². The Balaban J connectivity index is 2.25. The lowest BCUT2D eigenvalue weighted by atomic mass is 10.3. The van der Waals surface area contributed by atoms with Crippen LogP contribution in [0.4, 0.5) is 10.2 Å². The minimum Gasteiger partial charge on any atom is -0.392 e. The Morgan fingerprint density at radius 1 is 1.43 bits per heavy atom. The molecule has 0 saturated carbocycles. The van der Waals surface area contributed by atoms with Crippen LogP contribution in [0, 0.1) is 5.82 Å². The molecule has 1 fully saturated rings. The zero-order chi connectivity index (χ0) is 9.97. The molecule has 0 radical (unpaired) electrons. The van der Waals surface area contributed by atoms with Gasteiger partial charge in [0, 0.05) is 19.3 Å². The molecule has 3 nitrogen and oxygen atoms in total. The lowest BCUT2D eigenvalue weighted by molar-refractivity contribution is 0.280. The Morgan fingerprint density at radius 2 is 2.14 bits per heavy atom. The van der Waals surface area contributed by atoms with Gasteiger partial charge in [-0.15, -0.1) is 0 Å². The summed E-state index contributed by atoms with van der Waals surface area (Å²) >= 11 is 0. The van der Waals surface area contributed by atoms with Crippen molar-refractivity contribution in [2.75, 3.05) is 18.0 Å². The van der Waals surface area contributed by atoms with E-state index in [0.717, 1.165) is 25.9 Å². The fourth-order valence-corrected chi connectivity index (χ4v) is 1.72. The van der Waals surface area contributed by atoms with Gasteiger partial charge < -0.3 is 10.0 Å². The molecule has 0 spiro atoms. The largest absolute Gasteiger partial charge is 0.392 e. The van der Waals surface area contributed by atoms with E-state index >= 15 is 0 Å². The fraction of sp³-hybridized carbons (Fsp3) is 0.500. The fourth-order valence-electron chi connectivity index (χ4n) is 1.72. The van der Waals surface area contributed by atoms with Crippen LogP contribution in [0.25, 0.3) is 0 Å². The first kappa shape index (κ1) is 9.40. The highest BCUT2D eigenvalue weighted by molar-refractivity contribution is 5.41. The van der Waals surface area contributed by atoms with Crippen molar-refractivity contribution < 1.29 is 9.50 Å². The van der Waals surface area contributed by atoms with Gasteiger partial charge in [-0.3, -0.25) is 0 Å². The zero-order valence-corrected chi connectivity index (χ0v) is 7.91. The second kappa shape index (κ2) is 3.92. The predicted octanol–water partition coefficient (Wildman–Crippen LogP) is 1.31. The van der Waals surface area contributed by atoms with Gasteiger partial charge in [0.2, 0.25) is 0 Å². The molecule has 0 aromatic carbocycles. The summed E-state index contributed by atoms with van der Waals surface area (Å²) < 4.78 is 13.5. The van der Waals surface area contributed by atoms with Crippen LogP contribution >= 0.6 is 0 Å². The standard InChI is InChI=1S/C10H13FN2O/c11-9-5-8(7-14)6-12-10(9)13-3-1-2-4-13/h5-6,14H,1-4,7H2. The molecule has 1 saturated heterocycles. The highest BCUT2D eigenvalue weighted by Gasteiger charge is 2.17. The number of rotatable bonds is 2. The second-order valence-electron chi connectivity index (χ2n) is 3.50. The van der Waals surface area contributed by atoms with E-state index in [1.54, 1.807) is 0 Å². The summed E-state index contributed by atoms with van der Waals surface area (Å²) in [6, 6.07) is 1.35. The van der Waals surface area contributed by atoms with Gasteiger partial charge in [-0.1, -0.05) is 0 Å². The third kappa shape index (κ3) is 1.70. The summed E-state index contributed by atoms with van der Waals surface area (Å²) in [7, 11) is 0. The van der Waals surface area contributed by atoms with E-state index in [4.69, 9.17) is 5.11 Å². The summed E-state index contributed by atoms with van der Waals surface area (Å²) in [4.78, 5) is 5.96. The summed E-state index contributed by atoms with van der Waals surface area (Å²) in [5.74, 6) is 0.0816. The number of hydrogen-bond donors (Lipinski definition) is 1. The molecular weight excluding hydrogens is 183 g/mol. The number of aromatic nitrogens is 1. The maximum absolute atomic E-state index is 13.5. The molecule has 2 heterocycles. The second-order valence-corrected chi connectivity index (χ2v) is 3.50. The maximum Gasteiger partial charge on any atom is 0.166 e. The Bertz CT molecular complexity index is 324. The van der Waals surface area contributed by atoms with Crippen LogP contribution < -0.4 is 4.90 Å². The van der Waals surface area contributed by atoms with Crippen LogP contribution in [-0.2, 0) is 6.61 Å².